The van der Waals surface area contributed by atoms with Gasteiger partial charge in [0.25, 0.3) is 0 Å². The Morgan fingerprint density at radius 2 is 2.05 bits per heavy atom. The first-order valence-electron chi connectivity index (χ1n) is 6.85. The molecule has 2 rings (SSSR count). The van der Waals surface area contributed by atoms with Gasteiger partial charge in [0, 0.05) is 16.2 Å². The van der Waals surface area contributed by atoms with Crippen molar-refractivity contribution in [1.29, 1.82) is 0 Å². The molecule has 0 saturated carbocycles. The largest absolute Gasteiger partial charge is 0.371 e. The summed E-state index contributed by atoms with van der Waals surface area (Å²) < 4.78 is 12.3. The molecule has 0 N–H and O–H groups in total. The summed E-state index contributed by atoms with van der Waals surface area (Å²) in [5.74, 6) is 0. The van der Waals surface area contributed by atoms with Gasteiger partial charge in [-0.05, 0) is 25.3 Å². The van der Waals surface area contributed by atoms with Crippen molar-refractivity contribution in [2.45, 2.75) is 61.9 Å². The maximum Gasteiger partial charge on any atom is 0.0880 e. The van der Waals surface area contributed by atoms with Crippen molar-refractivity contribution in [3.05, 3.63) is 28.9 Å². The van der Waals surface area contributed by atoms with Gasteiger partial charge in [0.05, 0.1) is 24.4 Å². The average molecular weight is 392 g/mol. The highest BCUT2D eigenvalue weighted by atomic mass is 79.9. The molecule has 0 aromatic rings. The Hall–Kier alpha value is 0.140. The van der Waals surface area contributed by atoms with Crippen LogP contribution in [-0.2, 0) is 9.47 Å². The van der Waals surface area contributed by atoms with Crippen molar-refractivity contribution in [2.75, 3.05) is 0 Å². The van der Waals surface area contributed by atoms with Crippen LogP contribution >= 0.6 is 31.9 Å². The lowest BCUT2D eigenvalue weighted by Gasteiger charge is -2.26. The van der Waals surface area contributed by atoms with Crippen molar-refractivity contribution < 1.29 is 9.47 Å². The van der Waals surface area contributed by atoms with E-state index >= 15 is 0 Å². The highest BCUT2D eigenvalue weighted by molar-refractivity contribution is 9.11. The molecule has 106 valence electrons. The molecule has 0 radical (unpaired) electrons. The Morgan fingerprint density at radius 3 is 2.79 bits per heavy atom. The zero-order valence-electron chi connectivity index (χ0n) is 11.1. The van der Waals surface area contributed by atoms with Gasteiger partial charge in [-0.2, -0.15) is 0 Å². The topological polar surface area (TPSA) is 18.5 Å². The van der Waals surface area contributed by atoms with Crippen LogP contribution in [-0.4, -0.2) is 29.2 Å². The molecule has 0 amide bonds. The highest BCUT2D eigenvalue weighted by Gasteiger charge is 2.37. The summed E-state index contributed by atoms with van der Waals surface area (Å²) in [7, 11) is 0. The molecular formula is C15H20Br2O2. The molecule has 0 bridgehead atoms. The number of hydrogen-bond acceptors (Lipinski definition) is 2. The van der Waals surface area contributed by atoms with E-state index in [0.29, 0.717) is 4.83 Å². The third-order valence-electron chi connectivity index (χ3n) is 3.63. The number of hydrogen-bond donors (Lipinski definition) is 0. The quantitative estimate of drug-likeness (QED) is 0.392. The number of ether oxygens (including phenoxy) is 2. The standard InChI is InChI=1S/C15H20Br2O2/c1-2-13-12(17)7-3-4-8-14-15(19-13)10-11(18-14)6-5-9-16/h3-4,6,9,11-15H,2,7-8,10H2,1H3/b4-3-/t5?,11-,12?,13+,14-,15-/m0/s1. The molecule has 19 heavy (non-hydrogen) atoms. The summed E-state index contributed by atoms with van der Waals surface area (Å²) in [4.78, 5) is 2.12. The number of alkyl halides is 1. The fourth-order valence-electron chi connectivity index (χ4n) is 2.62. The van der Waals surface area contributed by atoms with E-state index in [1.165, 1.54) is 0 Å². The molecule has 0 aromatic carbocycles. The lowest BCUT2D eigenvalue weighted by atomic mass is 10.1. The Labute approximate surface area is 132 Å². The smallest absolute Gasteiger partial charge is 0.0880 e. The molecule has 1 fully saturated rings. The Morgan fingerprint density at radius 1 is 1.26 bits per heavy atom. The van der Waals surface area contributed by atoms with Crippen LogP contribution in [0.25, 0.3) is 0 Å². The molecule has 0 aliphatic carbocycles. The van der Waals surface area contributed by atoms with Gasteiger partial charge in [0.1, 0.15) is 0 Å². The van der Waals surface area contributed by atoms with E-state index in [4.69, 9.17) is 9.47 Å². The SMILES string of the molecule is CC[C@H]1O[C@H]2C[C@H](C=C=CBr)O[C@H]2C/C=C\CC1Br. The first kappa shape index (κ1) is 15.5. The van der Waals surface area contributed by atoms with Gasteiger partial charge in [-0.25, -0.2) is 0 Å². The fraction of sp³-hybridized carbons (Fsp3) is 0.667. The molecule has 4 heteroatoms. The van der Waals surface area contributed by atoms with Gasteiger partial charge in [-0.3, -0.25) is 0 Å². The van der Waals surface area contributed by atoms with Crippen LogP contribution in [0.5, 0.6) is 0 Å². The van der Waals surface area contributed by atoms with Gasteiger partial charge in [0.2, 0.25) is 0 Å². The zero-order valence-corrected chi connectivity index (χ0v) is 14.3. The Kier molecular flexibility index (Phi) is 6.37. The minimum Gasteiger partial charge on any atom is -0.371 e. The van der Waals surface area contributed by atoms with Crippen molar-refractivity contribution in [2.24, 2.45) is 0 Å². The Bertz CT molecular complexity index is 374. The summed E-state index contributed by atoms with van der Waals surface area (Å²) in [6, 6.07) is 0. The van der Waals surface area contributed by atoms with Crippen LogP contribution < -0.4 is 0 Å². The summed E-state index contributed by atoms with van der Waals surface area (Å²) in [5, 5.41) is 0. The second-order valence-electron chi connectivity index (χ2n) is 4.97. The maximum absolute atomic E-state index is 6.29. The number of rotatable bonds is 2. The van der Waals surface area contributed by atoms with E-state index in [-0.39, 0.29) is 24.4 Å². The average Bonchev–Trinajstić information content (AvgIpc) is 2.81. The molecule has 2 aliphatic heterocycles. The fourth-order valence-corrected chi connectivity index (χ4v) is 3.49. The van der Waals surface area contributed by atoms with Crippen molar-refractivity contribution in [3.8, 4) is 0 Å². The van der Waals surface area contributed by atoms with E-state index in [0.717, 1.165) is 25.7 Å². The van der Waals surface area contributed by atoms with Crippen molar-refractivity contribution in [3.63, 3.8) is 0 Å². The van der Waals surface area contributed by atoms with Gasteiger partial charge >= 0.3 is 0 Å². The molecule has 0 spiro atoms. The van der Waals surface area contributed by atoms with Gasteiger partial charge < -0.3 is 9.47 Å². The predicted molar refractivity (Wildman–Crippen MR) is 84.9 cm³/mol. The van der Waals surface area contributed by atoms with Crippen LogP contribution in [0.2, 0.25) is 0 Å². The van der Waals surface area contributed by atoms with Gasteiger partial charge in [-0.1, -0.05) is 50.9 Å². The second-order valence-corrected chi connectivity index (χ2v) is 6.61. The molecule has 2 heterocycles. The molecule has 0 aromatic heterocycles. The third kappa shape index (κ3) is 4.30. The summed E-state index contributed by atoms with van der Waals surface area (Å²) in [6.45, 7) is 2.18. The molecule has 5 atom stereocenters. The van der Waals surface area contributed by atoms with Crippen LogP contribution in [0.1, 0.15) is 32.6 Å². The molecular weight excluding hydrogens is 372 g/mol. The van der Waals surface area contributed by atoms with E-state index in [1.807, 2.05) is 6.08 Å². The minimum absolute atomic E-state index is 0.114. The maximum atomic E-state index is 6.29. The molecule has 1 unspecified atom stereocenters. The normalized spacial score (nSPS) is 40.3. The summed E-state index contributed by atoms with van der Waals surface area (Å²) in [6.07, 6.45) is 11.0. The van der Waals surface area contributed by atoms with Crippen LogP contribution in [0.15, 0.2) is 28.9 Å². The number of halogens is 2. The van der Waals surface area contributed by atoms with Crippen LogP contribution in [0, 0.1) is 0 Å². The Balaban J connectivity index is 2.08. The highest BCUT2D eigenvalue weighted by Crippen LogP contribution is 2.31. The number of allylic oxidation sites excluding steroid dienone is 1. The first-order chi connectivity index (χ1) is 9.24. The van der Waals surface area contributed by atoms with Gasteiger partial charge in [-0.15, -0.1) is 5.73 Å². The van der Waals surface area contributed by atoms with E-state index in [2.05, 4.69) is 56.7 Å². The second kappa shape index (κ2) is 7.80. The third-order valence-corrected chi connectivity index (χ3v) is 4.85. The molecule has 2 nitrogen and oxygen atoms in total. The lowest BCUT2D eigenvalue weighted by molar-refractivity contribution is -0.0522. The van der Waals surface area contributed by atoms with Crippen molar-refractivity contribution >= 4 is 31.9 Å². The summed E-state index contributed by atoms with van der Waals surface area (Å²) >= 11 is 6.97. The minimum atomic E-state index is 0.114. The molecule has 2 aliphatic rings. The monoisotopic (exact) mass is 390 g/mol. The zero-order chi connectivity index (χ0) is 13.7. The lowest BCUT2D eigenvalue weighted by Crippen LogP contribution is -2.32. The van der Waals surface area contributed by atoms with Crippen molar-refractivity contribution in [1.82, 2.24) is 0 Å². The van der Waals surface area contributed by atoms with E-state index in [9.17, 15) is 0 Å². The van der Waals surface area contributed by atoms with E-state index < -0.39 is 0 Å². The van der Waals surface area contributed by atoms with E-state index in [1.54, 1.807) is 4.99 Å². The van der Waals surface area contributed by atoms with Crippen LogP contribution in [0.4, 0.5) is 0 Å². The van der Waals surface area contributed by atoms with Gasteiger partial charge in [0.15, 0.2) is 0 Å². The predicted octanol–water partition coefficient (Wildman–Crippen LogP) is 4.48. The van der Waals surface area contributed by atoms with Crippen LogP contribution in [0.3, 0.4) is 0 Å². The first-order valence-corrected chi connectivity index (χ1v) is 8.69. The summed E-state index contributed by atoms with van der Waals surface area (Å²) in [5.41, 5.74) is 3.04. The number of fused-ring (bicyclic) bond motifs is 1. The molecule has 1 saturated heterocycles.